The van der Waals surface area contributed by atoms with Crippen LogP contribution in [0.2, 0.25) is 0 Å². The Kier molecular flexibility index (Phi) is 5.54. The summed E-state index contributed by atoms with van der Waals surface area (Å²) in [5.74, 6) is 0.184. The predicted molar refractivity (Wildman–Crippen MR) is 85.5 cm³/mol. The maximum absolute atomic E-state index is 12.7. The van der Waals surface area contributed by atoms with Gasteiger partial charge >= 0.3 is 0 Å². The summed E-state index contributed by atoms with van der Waals surface area (Å²) in [5, 5.41) is 9.32. The first-order valence-electron chi connectivity index (χ1n) is 7.99. The minimum absolute atomic E-state index is 0.159. The first-order valence-corrected chi connectivity index (χ1v) is 7.99. The number of hydrogen-bond donors (Lipinski definition) is 1. The van der Waals surface area contributed by atoms with Crippen LogP contribution in [-0.4, -0.2) is 41.5 Å². The van der Waals surface area contributed by atoms with E-state index in [1.165, 1.54) is 25.7 Å². The Morgan fingerprint density at radius 2 is 1.86 bits per heavy atom. The molecule has 1 fully saturated rings. The fourth-order valence-electron chi connectivity index (χ4n) is 3.35. The van der Waals surface area contributed by atoms with Crippen LogP contribution < -0.4 is 0 Å². The van der Waals surface area contributed by atoms with Gasteiger partial charge in [0.1, 0.15) is 0 Å². The van der Waals surface area contributed by atoms with Crippen molar-refractivity contribution in [3.63, 3.8) is 0 Å². The summed E-state index contributed by atoms with van der Waals surface area (Å²) in [6.45, 7) is 5.57. The summed E-state index contributed by atoms with van der Waals surface area (Å²) in [4.78, 5) is 15.0. The van der Waals surface area contributed by atoms with Crippen molar-refractivity contribution >= 4 is 5.78 Å². The molecule has 3 heteroatoms. The fourth-order valence-corrected chi connectivity index (χ4v) is 3.35. The Bertz CT molecular complexity index is 450. The third kappa shape index (κ3) is 4.14. The van der Waals surface area contributed by atoms with Gasteiger partial charge in [-0.15, -0.1) is 0 Å². The fraction of sp³-hybridized carbons (Fsp3) is 0.611. The predicted octanol–water partition coefficient (Wildman–Crippen LogP) is 3.13. The molecular formula is C18H27NO2. The molecule has 0 heterocycles. The topological polar surface area (TPSA) is 40.5 Å². The number of hydrogen-bond acceptors (Lipinski definition) is 3. The van der Waals surface area contributed by atoms with Gasteiger partial charge in [-0.2, -0.15) is 0 Å². The van der Waals surface area contributed by atoms with Crippen LogP contribution in [0.5, 0.6) is 0 Å². The minimum Gasteiger partial charge on any atom is -0.395 e. The first-order chi connectivity index (χ1) is 10.0. The average molecular weight is 289 g/mol. The third-order valence-corrected chi connectivity index (χ3v) is 4.48. The molecule has 0 atom stereocenters. The number of aliphatic hydroxyl groups is 1. The van der Waals surface area contributed by atoms with Gasteiger partial charge in [0.15, 0.2) is 5.78 Å². The van der Waals surface area contributed by atoms with Gasteiger partial charge < -0.3 is 5.11 Å². The van der Waals surface area contributed by atoms with E-state index < -0.39 is 5.41 Å². The molecule has 1 saturated carbocycles. The molecule has 0 aliphatic heterocycles. The smallest absolute Gasteiger partial charge is 0.169 e. The van der Waals surface area contributed by atoms with E-state index in [-0.39, 0.29) is 12.4 Å². The summed E-state index contributed by atoms with van der Waals surface area (Å²) in [7, 11) is 0. The Morgan fingerprint density at radius 3 is 2.43 bits per heavy atom. The van der Waals surface area contributed by atoms with Gasteiger partial charge in [0.2, 0.25) is 0 Å². The zero-order valence-electron chi connectivity index (χ0n) is 13.2. The Morgan fingerprint density at radius 1 is 1.24 bits per heavy atom. The van der Waals surface area contributed by atoms with Crippen molar-refractivity contribution in [3.8, 4) is 0 Å². The van der Waals surface area contributed by atoms with Crippen molar-refractivity contribution in [2.24, 2.45) is 5.41 Å². The van der Waals surface area contributed by atoms with Crippen LogP contribution in [0.15, 0.2) is 30.3 Å². The number of benzene rings is 1. The maximum Gasteiger partial charge on any atom is 0.169 e. The molecule has 1 aromatic rings. The lowest BCUT2D eigenvalue weighted by Gasteiger charge is -2.35. The van der Waals surface area contributed by atoms with Gasteiger partial charge in [0.25, 0.3) is 0 Å². The normalized spacial score (nSPS) is 16.6. The highest BCUT2D eigenvalue weighted by Gasteiger charge is 2.33. The average Bonchev–Trinajstić information content (AvgIpc) is 3.01. The summed E-state index contributed by atoms with van der Waals surface area (Å²) in [6, 6.07) is 10.0. The van der Waals surface area contributed by atoms with Crippen molar-refractivity contribution in [1.29, 1.82) is 0 Å². The zero-order valence-corrected chi connectivity index (χ0v) is 13.2. The second kappa shape index (κ2) is 7.19. The van der Waals surface area contributed by atoms with Crippen LogP contribution in [0.1, 0.15) is 49.9 Å². The molecule has 21 heavy (non-hydrogen) atoms. The molecule has 1 aliphatic rings. The largest absolute Gasteiger partial charge is 0.395 e. The van der Waals surface area contributed by atoms with Crippen molar-refractivity contribution in [2.45, 2.75) is 45.6 Å². The highest BCUT2D eigenvalue weighted by molar-refractivity contribution is 6.00. The molecule has 116 valence electrons. The van der Waals surface area contributed by atoms with E-state index in [0.29, 0.717) is 19.1 Å². The summed E-state index contributed by atoms with van der Waals surface area (Å²) < 4.78 is 0. The van der Waals surface area contributed by atoms with Crippen LogP contribution in [0.4, 0.5) is 0 Å². The van der Waals surface area contributed by atoms with E-state index in [1.807, 2.05) is 44.2 Å². The molecule has 0 radical (unpaired) electrons. The molecule has 1 aromatic carbocycles. The van der Waals surface area contributed by atoms with Crippen LogP contribution >= 0.6 is 0 Å². The lowest BCUT2D eigenvalue weighted by Crippen LogP contribution is -2.45. The number of carbonyl (C=O) groups excluding carboxylic acids is 1. The number of nitrogens with zero attached hydrogens (tertiary/aromatic N) is 1. The number of aliphatic hydroxyl groups excluding tert-OH is 1. The van der Waals surface area contributed by atoms with E-state index >= 15 is 0 Å². The minimum atomic E-state index is -0.431. The molecule has 0 unspecified atom stereocenters. The quantitative estimate of drug-likeness (QED) is 0.784. The van der Waals surface area contributed by atoms with Gasteiger partial charge in [-0.05, 0) is 12.8 Å². The molecule has 1 N–H and O–H groups in total. The van der Waals surface area contributed by atoms with Gasteiger partial charge in [-0.25, -0.2) is 0 Å². The summed E-state index contributed by atoms with van der Waals surface area (Å²) in [5.41, 5.74) is 0.344. The summed E-state index contributed by atoms with van der Waals surface area (Å²) in [6.07, 6.45) is 4.91. The molecule has 2 rings (SSSR count). The van der Waals surface area contributed by atoms with Crippen LogP contribution in [-0.2, 0) is 0 Å². The third-order valence-electron chi connectivity index (χ3n) is 4.48. The number of rotatable bonds is 7. The molecule has 0 aromatic heterocycles. The lowest BCUT2D eigenvalue weighted by molar-refractivity contribution is 0.0671. The number of Topliss-reactive ketones (excluding diaryl/α,β-unsaturated/α-hetero) is 1. The van der Waals surface area contributed by atoms with E-state index in [4.69, 9.17) is 0 Å². The maximum atomic E-state index is 12.7. The lowest BCUT2D eigenvalue weighted by atomic mass is 9.83. The Hall–Kier alpha value is -1.19. The van der Waals surface area contributed by atoms with Gasteiger partial charge in [0.05, 0.1) is 6.61 Å². The second-order valence-corrected chi connectivity index (χ2v) is 6.71. The standard InChI is InChI=1S/C18H27NO2/c1-18(2,17(21)15-8-4-3-5-9-15)14-19(12-13-20)16-10-6-7-11-16/h3-5,8-9,16,20H,6-7,10-14H2,1-2H3. The summed E-state index contributed by atoms with van der Waals surface area (Å²) >= 11 is 0. The molecule has 0 saturated heterocycles. The van der Waals surface area contributed by atoms with Gasteiger partial charge in [-0.1, -0.05) is 57.0 Å². The zero-order chi connectivity index (χ0) is 15.3. The van der Waals surface area contributed by atoms with Crippen molar-refractivity contribution in [3.05, 3.63) is 35.9 Å². The van der Waals surface area contributed by atoms with Gasteiger partial charge in [-0.3, -0.25) is 9.69 Å². The highest BCUT2D eigenvalue weighted by Crippen LogP contribution is 2.29. The molecule has 0 amide bonds. The van der Waals surface area contributed by atoms with E-state index in [9.17, 15) is 9.90 Å². The SMILES string of the molecule is CC(C)(CN(CCO)C1CCCC1)C(=O)c1ccccc1. The first kappa shape index (κ1) is 16.2. The molecule has 0 spiro atoms. The van der Waals surface area contributed by atoms with Crippen LogP contribution in [0.25, 0.3) is 0 Å². The molecule has 3 nitrogen and oxygen atoms in total. The van der Waals surface area contributed by atoms with Crippen molar-refractivity contribution in [1.82, 2.24) is 4.90 Å². The van der Waals surface area contributed by atoms with E-state index in [2.05, 4.69) is 4.90 Å². The highest BCUT2D eigenvalue weighted by atomic mass is 16.3. The number of ketones is 1. The van der Waals surface area contributed by atoms with Crippen molar-refractivity contribution in [2.75, 3.05) is 19.7 Å². The monoisotopic (exact) mass is 289 g/mol. The van der Waals surface area contributed by atoms with Crippen LogP contribution in [0, 0.1) is 5.41 Å². The Balaban J connectivity index is 2.08. The van der Waals surface area contributed by atoms with E-state index in [1.54, 1.807) is 0 Å². The second-order valence-electron chi connectivity index (χ2n) is 6.71. The Labute approximate surface area is 128 Å². The van der Waals surface area contributed by atoms with Crippen LogP contribution in [0.3, 0.4) is 0 Å². The van der Waals surface area contributed by atoms with Gasteiger partial charge in [0, 0.05) is 30.1 Å². The van der Waals surface area contributed by atoms with E-state index in [0.717, 1.165) is 5.56 Å². The molecule has 0 bridgehead atoms. The number of carbonyl (C=O) groups is 1. The molecular weight excluding hydrogens is 262 g/mol. The molecule has 1 aliphatic carbocycles. The van der Waals surface area contributed by atoms with Crippen molar-refractivity contribution < 1.29 is 9.90 Å².